The molecule has 0 bridgehead atoms. The van der Waals surface area contributed by atoms with Gasteiger partial charge in [-0.2, -0.15) is 0 Å². The summed E-state index contributed by atoms with van der Waals surface area (Å²) in [6.07, 6.45) is 1.88. The summed E-state index contributed by atoms with van der Waals surface area (Å²) in [5.74, 6) is -1.68. The summed E-state index contributed by atoms with van der Waals surface area (Å²) in [4.78, 5) is 47.4. The highest BCUT2D eigenvalue weighted by Gasteiger charge is 2.42. The Morgan fingerprint density at radius 3 is 2.48 bits per heavy atom. The van der Waals surface area contributed by atoms with Crippen molar-refractivity contribution in [3.05, 3.63) is 0 Å². The van der Waals surface area contributed by atoms with E-state index in [1.807, 2.05) is 13.8 Å². The maximum atomic E-state index is 12.2. The van der Waals surface area contributed by atoms with Gasteiger partial charge in [0, 0.05) is 19.4 Å². The van der Waals surface area contributed by atoms with Crippen LogP contribution in [-0.2, 0) is 19.2 Å². The molecule has 0 aromatic heterocycles. The monoisotopic (exact) mass is 297 g/mol. The van der Waals surface area contributed by atoms with Gasteiger partial charge in [-0.1, -0.05) is 26.7 Å². The highest BCUT2D eigenvalue weighted by molar-refractivity contribution is 6.06. The molecule has 0 saturated carbocycles. The zero-order valence-corrected chi connectivity index (χ0v) is 12.6. The molecule has 1 unspecified atom stereocenters. The Hall–Kier alpha value is -1.92. The van der Waals surface area contributed by atoms with Crippen LogP contribution in [0.1, 0.15) is 39.5 Å². The van der Waals surface area contributed by atoms with Gasteiger partial charge in [0.15, 0.2) is 0 Å². The summed E-state index contributed by atoms with van der Waals surface area (Å²) in [6, 6.07) is 0. The standard InChI is InChI=1S/C14H23N3O4/c1-3-9(4-2)10-7-13(20)17(14(10)21)8-12(19)16-6-5-11(15)18/h9-10H,3-8H2,1-2H3,(H2,15,18)(H,16,19). The Morgan fingerprint density at radius 1 is 1.33 bits per heavy atom. The van der Waals surface area contributed by atoms with Gasteiger partial charge in [0.2, 0.25) is 23.6 Å². The van der Waals surface area contributed by atoms with Crippen LogP contribution in [0.2, 0.25) is 0 Å². The molecular formula is C14H23N3O4. The van der Waals surface area contributed by atoms with Crippen molar-refractivity contribution in [1.82, 2.24) is 10.2 Å². The molecule has 3 N–H and O–H groups in total. The molecule has 1 fully saturated rings. The third kappa shape index (κ3) is 4.54. The number of carbonyl (C=O) groups excluding carboxylic acids is 4. The quantitative estimate of drug-likeness (QED) is 0.604. The van der Waals surface area contributed by atoms with Gasteiger partial charge >= 0.3 is 0 Å². The molecular weight excluding hydrogens is 274 g/mol. The van der Waals surface area contributed by atoms with Crippen LogP contribution in [-0.4, -0.2) is 41.6 Å². The molecule has 1 aliphatic rings. The summed E-state index contributed by atoms with van der Waals surface area (Å²) >= 11 is 0. The van der Waals surface area contributed by atoms with E-state index in [1.54, 1.807) is 0 Å². The molecule has 7 heteroatoms. The van der Waals surface area contributed by atoms with Crippen LogP contribution in [0.3, 0.4) is 0 Å². The molecule has 0 aliphatic carbocycles. The van der Waals surface area contributed by atoms with Gasteiger partial charge in [-0.05, 0) is 5.92 Å². The molecule has 21 heavy (non-hydrogen) atoms. The number of amides is 4. The minimum Gasteiger partial charge on any atom is -0.370 e. The molecule has 1 saturated heterocycles. The SMILES string of the molecule is CCC(CC)C1CC(=O)N(CC(=O)NCCC(N)=O)C1=O. The van der Waals surface area contributed by atoms with Gasteiger partial charge in [0.05, 0.1) is 5.92 Å². The second kappa shape index (κ2) is 7.75. The van der Waals surface area contributed by atoms with Crippen LogP contribution in [0.25, 0.3) is 0 Å². The van der Waals surface area contributed by atoms with Crippen LogP contribution in [0, 0.1) is 11.8 Å². The fraction of sp³-hybridized carbons (Fsp3) is 0.714. The van der Waals surface area contributed by atoms with E-state index in [9.17, 15) is 19.2 Å². The zero-order chi connectivity index (χ0) is 16.0. The second-order valence-corrected chi connectivity index (χ2v) is 5.27. The normalized spacial score (nSPS) is 18.4. The number of nitrogens with two attached hydrogens (primary N) is 1. The number of nitrogens with one attached hydrogen (secondary N) is 1. The molecule has 0 radical (unpaired) electrons. The lowest BCUT2D eigenvalue weighted by molar-refractivity contribution is -0.143. The predicted octanol–water partition coefficient (Wildman–Crippen LogP) is -0.211. The number of rotatable bonds is 8. The molecule has 0 aromatic carbocycles. The lowest BCUT2D eigenvalue weighted by atomic mass is 9.87. The van der Waals surface area contributed by atoms with Crippen LogP contribution in [0.4, 0.5) is 0 Å². The van der Waals surface area contributed by atoms with Crippen molar-refractivity contribution in [2.24, 2.45) is 17.6 Å². The number of hydrogen-bond acceptors (Lipinski definition) is 4. The predicted molar refractivity (Wildman–Crippen MR) is 75.7 cm³/mol. The van der Waals surface area contributed by atoms with Crippen molar-refractivity contribution in [1.29, 1.82) is 0 Å². The molecule has 1 atom stereocenters. The Bertz CT molecular complexity index is 432. The molecule has 7 nitrogen and oxygen atoms in total. The van der Waals surface area contributed by atoms with E-state index >= 15 is 0 Å². The Kier molecular flexibility index (Phi) is 6.33. The third-order valence-electron chi connectivity index (χ3n) is 3.89. The van der Waals surface area contributed by atoms with Gasteiger partial charge in [0.25, 0.3) is 0 Å². The van der Waals surface area contributed by atoms with E-state index < -0.39 is 11.8 Å². The van der Waals surface area contributed by atoms with Gasteiger partial charge in [-0.25, -0.2) is 0 Å². The third-order valence-corrected chi connectivity index (χ3v) is 3.89. The van der Waals surface area contributed by atoms with Crippen molar-refractivity contribution >= 4 is 23.6 Å². The van der Waals surface area contributed by atoms with Gasteiger partial charge in [-0.3, -0.25) is 24.1 Å². The van der Waals surface area contributed by atoms with Crippen LogP contribution >= 0.6 is 0 Å². The van der Waals surface area contributed by atoms with E-state index in [0.29, 0.717) is 0 Å². The van der Waals surface area contributed by atoms with Crippen LogP contribution in [0.15, 0.2) is 0 Å². The number of primary amides is 1. The number of carbonyl (C=O) groups is 4. The fourth-order valence-electron chi connectivity index (χ4n) is 2.63. The van der Waals surface area contributed by atoms with Crippen molar-refractivity contribution < 1.29 is 19.2 Å². The first kappa shape index (κ1) is 17.1. The maximum absolute atomic E-state index is 12.2. The lowest BCUT2D eigenvalue weighted by Crippen LogP contribution is -2.41. The van der Waals surface area contributed by atoms with E-state index in [2.05, 4.69) is 5.32 Å². The van der Waals surface area contributed by atoms with Crippen LogP contribution < -0.4 is 11.1 Å². The van der Waals surface area contributed by atoms with E-state index in [0.717, 1.165) is 17.7 Å². The maximum Gasteiger partial charge on any atom is 0.240 e. The Labute approximate surface area is 124 Å². The Morgan fingerprint density at radius 2 is 1.95 bits per heavy atom. The van der Waals surface area contributed by atoms with E-state index in [4.69, 9.17) is 5.73 Å². The first-order valence-corrected chi connectivity index (χ1v) is 7.29. The van der Waals surface area contributed by atoms with E-state index in [1.165, 1.54) is 0 Å². The highest BCUT2D eigenvalue weighted by atomic mass is 16.2. The first-order chi connectivity index (χ1) is 9.90. The Balaban J connectivity index is 2.55. The molecule has 0 aromatic rings. The summed E-state index contributed by atoms with van der Waals surface area (Å²) < 4.78 is 0. The largest absolute Gasteiger partial charge is 0.370 e. The van der Waals surface area contributed by atoms with E-state index in [-0.39, 0.29) is 49.6 Å². The van der Waals surface area contributed by atoms with Gasteiger partial charge in [0.1, 0.15) is 6.54 Å². The molecule has 4 amide bonds. The van der Waals surface area contributed by atoms with Gasteiger partial charge < -0.3 is 11.1 Å². The number of nitrogens with zero attached hydrogens (tertiary/aromatic N) is 1. The summed E-state index contributed by atoms with van der Waals surface area (Å²) in [7, 11) is 0. The summed E-state index contributed by atoms with van der Waals surface area (Å²) in [6.45, 7) is 3.81. The van der Waals surface area contributed by atoms with Crippen molar-refractivity contribution in [2.45, 2.75) is 39.5 Å². The number of imide groups is 1. The minimum absolute atomic E-state index is 0.0317. The molecule has 1 aliphatic heterocycles. The topological polar surface area (TPSA) is 110 Å². The van der Waals surface area contributed by atoms with Crippen molar-refractivity contribution in [3.63, 3.8) is 0 Å². The molecule has 0 spiro atoms. The highest BCUT2D eigenvalue weighted by Crippen LogP contribution is 2.30. The first-order valence-electron chi connectivity index (χ1n) is 7.29. The van der Waals surface area contributed by atoms with Crippen molar-refractivity contribution in [3.8, 4) is 0 Å². The smallest absolute Gasteiger partial charge is 0.240 e. The summed E-state index contributed by atoms with van der Waals surface area (Å²) in [5, 5.41) is 2.47. The molecule has 118 valence electrons. The van der Waals surface area contributed by atoms with Crippen LogP contribution in [0.5, 0.6) is 0 Å². The van der Waals surface area contributed by atoms with Gasteiger partial charge in [-0.15, -0.1) is 0 Å². The average molecular weight is 297 g/mol. The lowest BCUT2D eigenvalue weighted by Gasteiger charge is -2.19. The average Bonchev–Trinajstić information content (AvgIpc) is 2.68. The number of hydrogen-bond donors (Lipinski definition) is 2. The fourth-order valence-corrected chi connectivity index (χ4v) is 2.63. The zero-order valence-electron chi connectivity index (χ0n) is 12.6. The molecule has 1 rings (SSSR count). The van der Waals surface area contributed by atoms with Crippen molar-refractivity contribution in [2.75, 3.05) is 13.1 Å². The molecule has 1 heterocycles. The summed E-state index contributed by atoms with van der Waals surface area (Å²) in [5.41, 5.74) is 4.96. The minimum atomic E-state index is -0.516. The number of likely N-dealkylation sites (tertiary alicyclic amines) is 1. The second-order valence-electron chi connectivity index (χ2n) is 5.27.